The minimum atomic E-state index is -3.42. The van der Waals surface area contributed by atoms with Gasteiger partial charge in [-0.2, -0.15) is 0 Å². The Hall–Kier alpha value is -1.68. The number of benzene rings is 1. The second kappa shape index (κ2) is 9.50. The number of sulfonamides is 1. The van der Waals surface area contributed by atoms with Gasteiger partial charge in [0.25, 0.3) is 0 Å². The van der Waals surface area contributed by atoms with Crippen molar-refractivity contribution in [2.24, 2.45) is 5.14 Å². The van der Waals surface area contributed by atoms with E-state index < -0.39 is 10.0 Å². The smallest absolute Gasteiger partial charge is 0.209 e. The molecule has 2 aromatic heterocycles. The van der Waals surface area contributed by atoms with E-state index in [0.29, 0.717) is 12.2 Å². The van der Waals surface area contributed by atoms with Crippen molar-refractivity contribution in [2.45, 2.75) is 31.0 Å². The molecule has 144 valence electrons. The van der Waals surface area contributed by atoms with Crippen LogP contribution < -0.4 is 5.14 Å². The summed E-state index contributed by atoms with van der Waals surface area (Å²) in [6.45, 7) is 0.787. The molecule has 0 amide bonds. The van der Waals surface area contributed by atoms with Gasteiger partial charge in [0.1, 0.15) is 5.82 Å². The summed E-state index contributed by atoms with van der Waals surface area (Å²) in [6.07, 6.45) is 2.13. The largest absolute Gasteiger partial charge is 0.305 e. The SMILES string of the molecule is NS(=O)(=O)CCCSc1nnc(Cc2cccs2)n1CCc1ccccc1. The minimum absolute atomic E-state index is 0.0137. The molecular weight excluding hydrogens is 400 g/mol. The Morgan fingerprint density at radius 3 is 2.63 bits per heavy atom. The molecule has 0 fully saturated rings. The zero-order valence-corrected chi connectivity index (χ0v) is 17.3. The van der Waals surface area contributed by atoms with Crippen LogP contribution in [-0.2, 0) is 29.4 Å². The highest BCUT2D eigenvalue weighted by molar-refractivity contribution is 7.99. The van der Waals surface area contributed by atoms with Crippen LogP contribution in [0, 0.1) is 0 Å². The molecule has 0 aliphatic rings. The first-order valence-electron chi connectivity index (χ1n) is 8.63. The van der Waals surface area contributed by atoms with Crippen LogP contribution in [-0.4, -0.2) is 34.7 Å². The highest BCUT2D eigenvalue weighted by Gasteiger charge is 2.14. The van der Waals surface area contributed by atoms with Crippen molar-refractivity contribution in [2.75, 3.05) is 11.5 Å². The lowest BCUT2D eigenvalue weighted by molar-refractivity contribution is 0.596. The molecule has 0 saturated heterocycles. The van der Waals surface area contributed by atoms with Gasteiger partial charge in [-0.05, 0) is 29.9 Å². The van der Waals surface area contributed by atoms with Crippen molar-refractivity contribution in [3.05, 3.63) is 64.1 Å². The molecule has 9 heteroatoms. The Labute approximate surface area is 167 Å². The standard InChI is InChI=1S/C18H22N4O2S3/c19-27(23,24)13-5-12-26-18-21-20-17(14-16-8-4-11-25-16)22(18)10-9-15-6-2-1-3-7-15/h1-4,6-8,11H,5,9-10,12-14H2,(H2,19,23,24). The van der Waals surface area contributed by atoms with Gasteiger partial charge in [-0.1, -0.05) is 48.2 Å². The molecule has 6 nitrogen and oxygen atoms in total. The first kappa shape index (κ1) is 20.1. The van der Waals surface area contributed by atoms with Crippen LogP contribution in [0.1, 0.15) is 22.7 Å². The summed E-state index contributed by atoms with van der Waals surface area (Å²) in [5, 5.41) is 16.7. The molecule has 0 radical (unpaired) electrons. The number of nitrogens with zero attached hydrogens (tertiary/aromatic N) is 3. The van der Waals surface area contributed by atoms with E-state index in [0.717, 1.165) is 30.4 Å². The average Bonchev–Trinajstić information content (AvgIpc) is 3.28. The topological polar surface area (TPSA) is 90.9 Å². The second-order valence-corrected chi connectivity index (χ2v) is 9.94. The van der Waals surface area contributed by atoms with E-state index in [1.807, 2.05) is 24.3 Å². The number of rotatable bonds is 10. The predicted octanol–water partition coefficient (Wildman–Crippen LogP) is 2.94. The Morgan fingerprint density at radius 2 is 1.93 bits per heavy atom. The van der Waals surface area contributed by atoms with E-state index in [1.165, 1.54) is 22.2 Å². The van der Waals surface area contributed by atoms with Gasteiger partial charge in [0.15, 0.2) is 5.16 Å². The predicted molar refractivity (Wildman–Crippen MR) is 111 cm³/mol. The van der Waals surface area contributed by atoms with E-state index in [4.69, 9.17) is 5.14 Å². The normalized spacial score (nSPS) is 11.7. The summed E-state index contributed by atoms with van der Waals surface area (Å²) in [4.78, 5) is 1.24. The third-order valence-electron chi connectivity index (χ3n) is 3.98. The van der Waals surface area contributed by atoms with Crippen molar-refractivity contribution in [3.8, 4) is 0 Å². The molecule has 0 saturated carbocycles. The number of thioether (sulfide) groups is 1. The molecule has 3 aromatic rings. The number of primary sulfonamides is 1. The molecule has 0 aliphatic carbocycles. The second-order valence-electron chi connectivity index (χ2n) is 6.11. The van der Waals surface area contributed by atoms with Crippen LogP contribution in [0.3, 0.4) is 0 Å². The molecule has 0 atom stereocenters. The van der Waals surface area contributed by atoms with Crippen LogP contribution in [0.25, 0.3) is 0 Å². The molecule has 3 rings (SSSR count). The maximum absolute atomic E-state index is 11.1. The fourth-order valence-corrected chi connectivity index (χ4v) is 5.01. The van der Waals surface area contributed by atoms with Crippen LogP contribution >= 0.6 is 23.1 Å². The molecule has 1 aromatic carbocycles. The monoisotopic (exact) mass is 422 g/mol. The Balaban J connectivity index is 1.70. The minimum Gasteiger partial charge on any atom is -0.305 e. The fourth-order valence-electron chi connectivity index (χ4n) is 2.66. The summed E-state index contributed by atoms with van der Waals surface area (Å²) in [7, 11) is -3.42. The van der Waals surface area contributed by atoms with E-state index in [9.17, 15) is 8.42 Å². The fraction of sp³-hybridized carbons (Fsp3) is 0.333. The van der Waals surface area contributed by atoms with Crippen molar-refractivity contribution in [1.29, 1.82) is 0 Å². The van der Waals surface area contributed by atoms with Gasteiger partial charge in [-0.25, -0.2) is 13.6 Å². The highest BCUT2D eigenvalue weighted by Crippen LogP contribution is 2.22. The molecule has 0 bridgehead atoms. The van der Waals surface area contributed by atoms with Gasteiger partial charge in [0, 0.05) is 23.6 Å². The van der Waals surface area contributed by atoms with E-state index in [2.05, 4.69) is 38.3 Å². The molecular formula is C18H22N4O2S3. The summed E-state index contributed by atoms with van der Waals surface area (Å²) < 4.78 is 24.3. The number of nitrogens with two attached hydrogens (primary N) is 1. The van der Waals surface area contributed by atoms with Gasteiger partial charge in [0.2, 0.25) is 10.0 Å². The Morgan fingerprint density at radius 1 is 1.11 bits per heavy atom. The lowest BCUT2D eigenvalue weighted by Gasteiger charge is -2.10. The molecule has 2 N–H and O–H groups in total. The Kier molecular flexibility index (Phi) is 7.06. The van der Waals surface area contributed by atoms with Crippen LogP contribution in [0.5, 0.6) is 0 Å². The third-order valence-corrected chi connectivity index (χ3v) is 6.76. The summed E-state index contributed by atoms with van der Waals surface area (Å²) in [5.41, 5.74) is 1.26. The quantitative estimate of drug-likeness (QED) is 0.401. The summed E-state index contributed by atoms with van der Waals surface area (Å²) in [5.74, 6) is 1.56. The van der Waals surface area contributed by atoms with E-state index >= 15 is 0 Å². The van der Waals surface area contributed by atoms with Gasteiger partial charge in [-0.15, -0.1) is 21.5 Å². The van der Waals surface area contributed by atoms with Crippen LogP contribution in [0.4, 0.5) is 0 Å². The number of hydrogen-bond donors (Lipinski definition) is 1. The molecule has 0 spiro atoms. The zero-order valence-electron chi connectivity index (χ0n) is 14.8. The van der Waals surface area contributed by atoms with E-state index in [-0.39, 0.29) is 5.75 Å². The zero-order chi connectivity index (χ0) is 19.1. The highest BCUT2D eigenvalue weighted by atomic mass is 32.2. The maximum atomic E-state index is 11.1. The molecule has 2 heterocycles. The van der Waals surface area contributed by atoms with Crippen molar-refractivity contribution >= 4 is 33.1 Å². The number of thiophene rings is 1. The third kappa shape index (κ3) is 6.46. The Bertz CT molecular complexity index is 938. The molecule has 27 heavy (non-hydrogen) atoms. The summed E-state index contributed by atoms with van der Waals surface area (Å²) in [6, 6.07) is 14.4. The van der Waals surface area contributed by atoms with Gasteiger partial charge >= 0.3 is 0 Å². The van der Waals surface area contributed by atoms with Crippen molar-refractivity contribution in [3.63, 3.8) is 0 Å². The van der Waals surface area contributed by atoms with Gasteiger partial charge in [-0.3, -0.25) is 0 Å². The summed E-state index contributed by atoms with van der Waals surface area (Å²) >= 11 is 3.23. The van der Waals surface area contributed by atoms with Gasteiger partial charge in [0.05, 0.1) is 5.75 Å². The van der Waals surface area contributed by atoms with Gasteiger partial charge < -0.3 is 4.57 Å². The van der Waals surface area contributed by atoms with Crippen LogP contribution in [0.2, 0.25) is 0 Å². The maximum Gasteiger partial charge on any atom is 0.209 e. The molecule has 0 unspecified atom stereocenters. The average molecular weight is 423 g/mol. The first-order valence-corrected chi connectivity index (χ1v) is 12.2. The number of aromatic nitrogens is 3. The lowest BCUT2D eigenvalue weighted by atomic mass is 10.1. The van der Waals surface area contributed by atoms with Crippen molar-refractivity contribution in [1.82, 2.24) is 14.8 Å². The molecule has 0 aliphatic heterocycles. The van der Waals surface area contributed by atoms with Crippen molar-refractivity contribution < 1.29 is 8.42 Å². The first-order chi connectivity index (χ1) is 13.0. The number of aryl methyl sites for hydroxylation is 1. The van der Waals surface area contributed by atoms with Crippen LogP contribution in [0.15, 0.2) is 53.0 Å². The van der Waals surface area contributed by atoms with E-state index in [1.54, 1.807) is 11.3 Å². The number of hydrogen-bond acceptors (Lipinski definition) is 6. The lowest BCUT2D eigenvalue weighted by Crippen LogP contribution is -2.16.